The van der Waals surface area contributed by atoms with Gasteiger partial charge in [-0.25, -0.2) is 4.98 Å². The standard InChI is InChI=1S/C19H19N3O/c23-16-7-5-14(6-8-16)15-9-11-22(12-10-15)19-13-20-17-3-1-2-4-18(17)21-19/h1-8,13,15,23H,9-12H2. The molecule has 1 fully saturated rings. The lowest BCUT2D eigenvalue weighted by molar-refractivity contribution is 0.472. The van der Waals surface area contributed by atoms with E-state index >= 15 is 0 Å². The minimum atomic E-state index is 0.331. The van der Waals surface area contributed by atoms with E-state index in [2.05, 4.69) is 9.88 Å². The first-order chi connectivity index (χ1) is 11.3. The van der Waals surface area contributed by atoms with Gasteiger partial charge in [0.15, 0.2) is 0 Å². The van der Waals surface area contributed by atoms with E-state index in [0.717, 1.165) is 42.8 Å². The summed E-state index contributed by atoms with van der Waals surface area (Å²) in [5.74, 6) is 1.85. The van der Waals surface area contributed by atoms with E-state index in [1.54, 1.807) is 12.1 Å². The zero-order valence-electron chi connectivity index (χ0n) is 12.9. The lowest BCUT2D eigenvalue weighted by Crippen LogP contribution is -2.33. The summed E-state index contributed by atoms with van der Waals surface area (Å²) < 4.78 is 0. The Kier molecular flexibility index (Phi) is 3.58. The van der Waals surface area contributed by atoms with Gasteiger partial charge in [-0.1, -0.05) is 24.3 Å². The van der Waals surface area contributed by atoms with Crippen molar-refractivity contribution in [2.24, 2.45) is 0 Å². The summed E-state index contributed by atoms with van der Waals surface area (Å²) in [6, 6.07) is 15.6. The van der Waals surface area contributed by atoms with Gasteiger partial charge in [-0.2, -0.15) is 0 Å². The Morgan fingerprint density at radius 2 is 1.61 bits per heavy atom. The number of benzene rings is 2. The summed E-state index contributed by atoms with van der Waals surface area (Å²) >= 11 is 0. The Morgan fingerprint density at radius 1 is 0.913 bits per heavy atom. The molecule has 3 aromatic rings. The molecule has 0 atom stereocenters. The number of aromatic hydroxyl groups is 1. The number of rotatable bonds is 2. The van der Waals surface area contributed by atoms with Gasteiger partial charge in [0.1, 0.15) is 11.6 Å². The van der Waals surface area contributed by atoms with Crippen molar-refractivity contribution in [2.75, 3.05) is 18.0 Å². The number of aromatic nitrogens is 2. The molecule has 0 unspecified atom stereocenters. The van der Waals surface area contributed by atoms with Crippen LogP contribution < -0.4 is 4.90 Å². The van der Waals surface area contributed by atoms with Crippen molar-refractivity contribution < 1.29 is 5.11 Å². The largest absolute Gasteiger partial charge is 0.508 e. The Morgan fingerprint density at radius 3 is 2.35 bits per heavy atom. The van der Waals surface area contributed by atoms with Gasteiger partial charge in [-0.3, -0.25) is 4.98 Å². The molecule has 0 aliphatic carbocycles. The van der Waals surface area contributed by atoms with E-state index in [1.165, 1.54) is 5.56 Å². The highest BCUT2D eigenvalue weighted by Crippen LogP contribution is 2.30. The zero-order valence-corrected chi connectivity index (χ0v) is 12.9. The minimum absolute atomic E-state index is 0.331. The molecule has 0 saturated carbocycles. The van der Waals surface area contributed by atoms with Crippen molar-refractivity contribution in [3.8, 4) is 5.75 Å². The molecule has 2 aromatic carbocycles. The molecule has 0 amide bonds. The SMILES string of the molecule is Oc1ccc(C2CCN(c3cnc4ccccc4n3)CC2)cc1. The van der Waals surface area contributed by atoms with E-state index < -0.39 is 0 Å². The molecule has 4 heteroatoms. The summed E-state index contributed by atoms with van der Waals surface area (Å²) in [5, 5.41) is 9.41. The summed E-state index contributed by atoms with van der Waals surface area (Å²) in [6.45, 7) is 1.97. The number of hydrogen-bond donors (Lipinski definition) is 1. The van der Waals surface area contributed by atoms with Crippen LogP contribution in [0.5, 0.6) is 5.75 Å². The highest BCUT2D eigenvalue weighted by Gasteiger charge is 2.21. The van der Waals surface area contributed by atoms with Crippen molar-refractivity contribution in [1.29, 1.82) is 0 Å². The van der Waals surface area contributed by atoms with Crippen LogP contribution in [-0.2, 0) is 0 Å². The predicted molar refractivity (Wildman–Crippen MR) is 91.8 cm³/mol. The van der Waals surface area contributed by atoms with Crippen LogP contribution >= 0.6 is 0 Å². The van der Waals surface area contributed by atoms with Gasteiger partial charge in [0.05, 0.1) is 17.2 Å². The molecule has 23 heavy (non-hydrogen) atoms. The van der Waals surface area contributed by atoms with Gasteiger partial charge in [0.25, 0.3) is 0 Å². The van der Waals surface area contributed by atoms with Crippen LogP contribution in [0.15, 0.2) is 54.7 Å². The number of phenols is 1. The second-order valence-electron chi connectivity index (χ2n) is 6.07. The summed E-state index contributed by atoms with van der Waals surface area (Å²) in [6.07, 6.45) is 4.07. The van der Waals surface area contributed by atoms with Gasteiger partial charge in [0, 0.05) is 13.1 Å². The van der Waals surface area contributed by atoms with E-state index in [0.29, 0.717) is 11.7 Å². The second kappa shape index (κ2) is 5.88. The normalized spacial score (nSPS) is 15.9. The quantitative estimate of drug-likeness (QED) is 0.784. The third kappa shape index (κ3) is 2.84. The number of hydrogen-bond acceptors (Lipinski definition) is 4. The van der Waals surface area contributed by atoms with Crippen molar-refractivity contribution in [3.05, 3.63) is 60.3 Å². The van der Waals surface area contributed by atoms with Gasteiger partial charge < -0.3 is 10.0 Å². The Bertz CT molecular complexity index is 808. The number of phenolic OH excluding ortho intramolecular Hbond substituents is 1. The Balaban J connectivity index is 1.49. The van der Waals surface area contributed by atoms with E-state index in [9.17, 15) is 5.11 Å². The molecule has 1 N–H and O–H groups in total. The van der Waals surface area contributed by atoms with Crippen LogP contribution in [0.3, 0.4) is 0 Å². The molecular formula is C19H19N3O. The highest BCUT2D eigenvalue weighted by atomic mass is 16.3. The maximum Gasteiger partial charge on any atom is 0.147 e. The zero-order chi connectivity index (χ0) is 15.6. The summed E-state index contributed by atoms with van der Waals surface area (Å²) in [4.78, 5) is 11.6. The fourth-order valence-electron chi connectivity index (χ4n) is 3.29. The molecule has 1 aromatic heterocycles. The first-order valence-corrected chi connectivity index (χ1v) is 8.05. The van der Waals surface area contributed by atoms with E-state index in [1.807, 2.05) is 42.6 Å². The molecule has 1 aliphatic rings. The van der Waals surface area contributed by atoms with Gasteiger partial charge in [-0.15, -0.1) is 0 Å². The molecule has 0 radical (unpaired) electrons. The summed E-state index contributed by atoms with van der Waals surface area (Å²) in [7, 11) is 0. The van der Waals surface area contributed by atoms with Crippen LogP contribution in [-0.4, -0.2) is 28.2 Å². The van der Waals surface area contributed by atoms with Crippen LogP contribution in [0.1, 0.15) is 24.3 Å². The molecule has 1 saturated heterocycles. The molecule has 0 bridgehead atoms. The van der Waals surface area contributed by atoms with Gasteiger partial charge >= 0.3 is 0 Å². The fourth-order valence-corrected chi connectivity index (χ4v) is 3.29. The highest BCUT2D eigenvalue weighted by molar-refractivity contribution is 5.75. The Labute approximate surface area is 135 Å². The van der Waals surface area contributed by atoms with Crippen LogP contribution in [0.25, 0.3) is 11.0 Å². The number of para-hydroxylation sites is 2. The first-order valence-electron chi connectivity index (χ1n) is 8.05. The predicted octanol–water partition coefficient (Wildman–Crippen LogP) is 3.72. The smallest absolute Gasteiger partial charge is 0.147 e. The number of fused-ring (bicyclic) bond motifs is 1. The van der Waals surface area contributed by atoms with Crippen LogP contribution in [0.2, 0.25) is 0 Å². The molecular weight excluding hydrogens is 286 g/mol. The lowest BCUT2D eigenvalue weighted by atomic mass is 9.89. The van der Waals surface area contributed by atoms with E-state index in [-0.39, 0.29) is 0 Å². The first kappa shape index (κ1) is 14.0. The Hall–Kier alpha value is -2.62. The second-order valence-corrected chi connectivity index (χ2v) is 6.07. The van der Waals surface area contributed by atoms with Crippen LogP contribution in [0, 0.1) is 0 Å². The van der Waals surface area contributed by atoms with Gasteiger partial charge in [-0.05, 0) is 48.6 Å². The third-order valence-electron chi connectivity index (χ3n) is 4.62. The average molecular weight is 305 g/mol. The van der Waals surface area contributed by atoms with Crippen molar-refractivity contribution >= 4 is 16.9 Å². The van der Waals surface area contributed by atoms with Gasteiger partial charge in [0.2, 0.25) is 0 Å². The fraction of sp³-hybridized carbons (Fsp3) is 0.263. The maximum atomic E-state index is 9.41. The summed E-state index contributed by atoms with van der Waals surface area (Å²) in [5.41, 5.74) is 3.20. The lowest BCUT2D eigenvalue weighted by Gasteiger charge is -2.33. The molecule has 1 aliphatic heterocycles. The number of piperidine rings is 1. The van der Waals surface area contributed by atoms with Crippen molar-refractivity contribution in [3.63, 3.8) is 0 Å². The monoisotopic (exact) mass is 305 g/mol. The maximum absolute atomic E-state index is 9.41. The van der Waals surface area contributed by atoms with Crippen molar-refractivity contribution in [1.82, 2.24) is 9.97 Å². The van der Waals surface area contributed by atoms with Crippen LogP contribution in [0.4, 0.5) is 5.82 Å². The molecule has 4 rings (SSSR count). The topological polar surface area (TPSA) is 49.2 Å². The molecule has 4 nitrogen and oxygen atoms in total. The number of anilines is 1. The van der Waals surface area contributed by atoms with E-state index in [4.69, 9.17) is 4.98 Å². The minimum Gasteiger partial charge on any atom is -0.508 e. The molecule has 2 heterocycles. The molecule has 116 valence electrons. The molecule has 0 spiro atoms. The average Bonchev–Trinajstić information content (AvgIpc) is 2.62. The van der Waals surface area contributed by atoms with Crippen molar-refractivity contribution in [2.45, 2.75) is 18.8 Å². The third-order valence-corrected chi connectivity index (χ3v) is 4.62. The number of nitrogens with zero attached hydrogens (tertiary/aromatic N) is 3.